The number of rotatable bonds is 3. The summed E-state index contributed by atoms with van der Waals surface area (Å²) in [6.07, 6.45) is 4.43. The summed E-state index contributed by atoms with van der Waals surface area (Å²) in [6, 6.07) is 7.40. The maximum atomic E-state index is 12.1. The summed E-state index contributed by atoms with van der Waals surface area (Å²) in [5.74, 6) is -2.72. The molecule has 0 saturated carbocycles. The van der Waals surface area contributed by atoms with Crippen LogP contribution in [0.25, 0.3) is 0 Å². The molecule has 0 aliphatic heterocycles. The molecule has 0 fully saturated rings. The summed E-state index contributed by atoms with van der Waals surface area (Å²) in [6.45, 7) is 1.96. The zero-order valence-corrected chi connectivity index (χ0v) is 10.8. The van der Waals surface area contributed by atoms with Gasteiger partial charge in [-0.2, -0.15) is 0 Å². The maximum absolute atomic E-state index is 12.1. The smallest absolute Gasteiger partial charge is 0.228 e. The van der Waals surface area contributed by atoms with Crippen molar-refractivity contribution in [1.29, 1.82) is 0 Å². The Kier molecular flexibility index (Phi) is 4.00. The van der Waals surface area contributed by atoms with E-state index in [4.69, 9.17) is 0 Å². The average molecular weight is 258 g/mol. The van der Waals surface area contributed by atoms with Crippen molar-refractivity contribution < 1.29 is 14.7 Å². The number of carbonyl (C=O) groups excluding carboxylic acids is 2. The lowest BCUT2D eigenvalue weighted by molar-refractivity contribution is -0.313. The summed E-state index contributed by atoms with van der Waals surface area (Å²) < 4.78 is 0. The van der Waals surface area contributed by atoms with Crippen LogP contribution in [0, 0.1) is 18.8 Å². The fraction of sp³-hybridized carbons (Fsp3) is 0.333. The minimum absolute atomic E-state index is 0.262. The van der Waals surface area contributed by atoms with Crippen LogP contribution >= 0.6 is 0 Å². The molecule has 19 heavy (non-hydrogen) atoms. The van der Waals surface area contributed by atoms with Gasteiger partial charge < -0.3 is 15.2 Å². The van der Waals surface area contributed by atoms with E-state index in [1.165, 1.54) is 0 Å². The van der Waals surface area contributed by atoms with Crippen molar-refractivity contribution in [3.05, 3.63) is 42.0 Å². The molecule has 1 N–H and O–H groups in total. The van der Waals surface area contributed by atoms with Gasteiger partial charge in [-0.25, -0.2) is 0 Å². The number of anilines is 1. The molecule has 4 heteroatoms. The minimum Gasteiger partial charge on any atom is -0.550 e. The van der Waals surface area contributed by atoms with Crippen LogP contribution in [0.4, 0.5) is 5.69 Å². The fourth-order valence-corrected chi connectivity index (χ4v) is 2.24. The Morgan fingerprint density at radius 2 is 1.68 bits per heavy atom. The summed E-state index contributed by atoms with van der Waals surface area (Å²) in [7, 11) is 0. The monoisotopic (exact) mass is 258 g/mol. The molecule has 0 aromatic heterocycles. The number of aryl methyl sites for hydroxylation is 1. The molecule has 1 amide bonds. The summed E-state index contributed by atoms with van der Waals surface area (Å²) in [4.78, 5) is 23.2. The predicted molar refractivity (Wildman–Crippen MR) is 70.2 cm³/mol. The Morgan fingerprint density at radius 3 is 2.26 bits per heavy atom. The largest absolute Gasteiger partial charge is 0.550 e. The molecule has 100 valence electrons. The summed E-state index contributed by atoms with van der Waals surface area (Å²) in [5, 5.41) is 13.8. The van der Waals surface area contributed by atoms with Crippen LogP contribution < -0.4 is 10.4 Å². The molecule has 1 aromatic rings. The van der Waals surface area contributed by atoms with Crippen LogP contribution in [0.1, 0.15) is 18.4 Å². The number of hydrogen-bond acceptors (Lipinski definition) is 3. The van der Waals surface area contributed by atoms with E-state index in [0.29, 0.717) is 18.5 Å². The number of benzene rings is 1. The number of hydrogen-bond donors (Lipinski definition) is 1. The first kappa shape index (κ1) is 13.3. The second-order valence-corrected chi connectivity index (χ2v) is 4.83. The van der Waals surface area contributed by atoms with E-state index in [9.17, 15) is 14.7 Å². The molecule has 0 heterocycles. The molecule has 1 aliphatic rings. The van der Waals surface area contributed by atoms with Crippen LogP contribution in [0.15, 0.2) is 36.4 Å². The Bertz CT molecular complexity index is 505. The van der Waals surface area contributed by atoms with Gasteiger partial charge in [-0.3, -0.25) is 4.79 Å². The quantitative estimate of drug-likeness (QED) is 0.830. The second kappa shape index (κ2) is 5.69. The van der Waals surface area contributed by atoms with Crippen LogP contribution in [-0.2, 0) is 9.59 Å². The van der Waals surface area contributed by atoms with Gasteiger partial charge in [0.1, 0.15) is 0 Å². The van der Waals surface area contributed by atoms with E-state index in [1.807, 2.05) is 25.1 Å². The number of carboxylic acid groups (broad SMARTS) is 1. The van der Waals surface area contributed by atoms with E-state index < -0.39 is 17.8 Å². The molecule has 0 saturated heterocycles. The van der Waals surface area contributed by atoms with Crippen LogP contribution in [0.5, 0.6) is 0 Å². The van der Waals surface area contributed by atoms with Gasteiger partial charge in [-0.15, -0.1) is 0 Å². The number of carboxylic acids is 1. The molecule has 4 nitrogen and oxygen atoms in total. The van der Waals surface area contributed by atoms with Gasteiger partial charge in [0.25, 0.3) is 0 Å². The van der Waals surface area contributed by atoms with Crippen LogP contribution in [0.3, 0.4) is 0 Å². The van der Waals surface area contributed by atoms with E-state index in [-0.39, 0.29) is 5.91 Å². The van der Waals surface area contributed by atoms with Crippen molar-refractivity contribution in [3.63, 3.8) is 0 Å². The molecule has 2 atom stereocenters. The fourth-order valence-electron chi connectivity index (χ4n) is 2.24. The highest BCUT2D eigenvalue weighted by Gasteiger charge is 2.29. The number of aliphatic carboxylic acids is 1. The predicted octanol–water partition coefficient (Wildman–Crippen LogP) is 1.27. The highest BCUT2D eigenvalue weighted by atomic mass is 16.4. The number of allylic oxidation sites excluding steroid dienone is 2. The van der Waals surface area contributed by atoms with Crippen LogP contribution in [0.2, 0.25) is 0 Å². The molecule has 2 rings (SSSR count). The van der Waals surface area contributed by atoms with Crippen molar-refractivity contribution in [1.82, 2.24) is 0 Å². The van der Waals surface area contributed by atoms with Gasteiger partial charge in [0.05, 0.1) is 5.92 Å². The minimum atomic E-state index is -1.16. The van der Waals surface area contributed by atoms with E-state index in [0.717, 1.165) is 5.56 Å². The van der Waals surface area contributed by atoms with E-state index >= 15 is 0 Å². The Balaban J connectivity index is 2.08. The number of nitrogens with one attached hydrogen (secondary N) is 1. The number of amides is 1. The zero-order chi connectivity index (χ0) is 13.8. The van der Waals surface area contributed by atoms with Gasteiger partial charge in [-0.05, 0) is 31.9 Å². The third-order valence-electron chi connectivity index (χ3n) is 3.39. The SMILES string of the molecule is Cc1ccc(NC(=O)[C@H]2CC=CC[C@@H]2C(=O)[O-])cc1. The lowest BCUT2D eigenvalue weighted by Crippen LogP contribution is -2.41. The molecule has 0 bridgehead atoms. The Morgan fingerprint density at radius 1 is 1.11 bits per heavy atom. The normalized spacial score (nSPS) is 21.9. The van der Waals surface area contributed by atoms with Gasteiger partial charge in [-0.1, -0.05) is 29.8 Å². The molecule has 1 aromatic carbocycles. The van der Waals surface area contributed by atoms with E-state index in [1.54, 1.807) is 18.2 Å². The maximum Gasteiger partial charge on any atom is 0.228 e. The highest BCUT2D eigenvalue weighted by molar-refractivity contribution is 5.95. The van der Waals surface area contributed by atoms with Crippen molar-refractivity contribution >= 4 is 17.6 Å². The standard InChI is InChI=1S/C15H17NO3/c1-10-6-8-11(9-7-10)16-14(17)12-4-2-3-5-13(12)15(18)19/h2-3,6-9,12-13H,4-5H2,1H3,(H,16,17)(H,18,19)/p-1/t12-,13-/m0/s1. The van der Waals surface area contributed by atoms with Gasteiger partial charge >= 0.3 is 0 Å². The lowest BCUT2D eigenvalue weighted by atomic mass is 9.82. The zero-order valence-electron chi connectivity index (χ0n) is 10.8. The van der Waals surface area contributed by atoms with Crippen molar-refractivity contribution in [2.24, 2.45) is 11.8 Å². The molecular formula is C15H16NO3-. The van der Waals surface area contributed by atoms with Crippen molar-refractivity contribution in [3.8, 4) is 0 Å². The molecule has 0 spiro atoms. The topological polar surface area (TPSA) is 69.2 Å². The Labute approximate surface area is 112 Å². The van der Waals surface area contributed by atoms with E-state index in [2.05, 4.69) is 5.32 Å². The first-order chi connectivity index (χ1) is 9.08. The third kappa shape index (κ3) is 3.22. The van der Waals surface area contributed by atoms with Gasteiger partial charge in [0.15, 0.2) is 0 Å². The van der Waals surface area contributed by atoms with Gasteiger partial charge in [0, 0.05) is 17.6 Å². The molecular weight excluding hydrogens is 242 g/mol. The third-order valence-corrected chi connectivity index (χ3v) is 3.39. The van der Waals surface area contributed by atoms with Crippen molar-refractivity contribution in [2.75, 3.05) is 5.32 Å². The number of carbonyl (C=O) groups is 2. The first-order valence-electron chi connectivity index (χ1n) is 6.31. The second-order valence-electron chi connectivity index (χ2n) is 4.83. The molecule has 1 aliphatic carbocycles. The van der Waals surface area contributed by atoms with Crippen LogP contribution in [-0.4, -0.2) is 11.9 Å². The molecule has 0 radical (unpaired) electrons. The first-order valence-corrected chi connectivity index (χ1v) is 6.31. The van der Waals surface area contributed by atoms with Gasteiger partial charge in [0.2, 0.25) is 5.91 Å². The average Bonchev–Trinajstić information content (AvgIpc) is 2.41. The molecule has 0 unspecified atom stereocenters. The lowest BCUT2D eigenvalue weighted by Gasteiger charge is -2.28. The Hall–Kier alpha value is -2.10. The van der Waals surface area contributed by atoms with Crippen molar-refractivity contribution in [2.45, 2.75) is 19.8 Å². The summed E-state index contributed by atoms with van der Waals surface area (Å²) >= 11 is 0. The highest BCUT2D eigenvalue weighted by Crippen LogP contribution is 2.26. The summed E-state index contributed by atoms with van der Waals surface area (Å²) in [5.41, 5.74) is 1.79.